The molecule has 1 aliphatic rings. The summed E-state index contributed by atoms with van der Waals surface area (Å²) in [4.78, 5) is 21.4. The number of carbonyl (C=O) groups excluding carboxylic acids is 1. The summed E-state index contributed by atoms with van der Waals surface area (Å²) in [7, 11) is 0. The van der Waals surface area contributed by atoms with Gasteiger partial charge in [-0.15, -0.1) is 0 Å². The lowest BCUT2D eigenvalue weighted by molar-refractivity contribution is 0.0617. The predicted molar refractivity (Wildman–Crippen MR) is 91.6 cm³/mol. The number of furan rings is 1. The second kappa shape index (κ2) is 6.45. The third-order valence-corrected chi connectivity index (χ3v) is 4.50. The Kier molecular flexibility index (Phi) is 4.01. The minimum absolute atomic E-state index is 0.0180. The van der Waals surface area contributed by atoms with Gasteiger partial charge in [-0.25, -0.2) is 0 Å². The van der Waals surface area contributed by atoms with Gasteiger partial charge in [0.1, 0.15) is 11.5 Å². The van der Waals surface area contributed by atoms with Crippen LogP contribution in [0.1, 0.15) is 16.2 Å². The SMILES string of the molecule is O=C(c1nccc2ccccc12)N1CCN(Cc2ccco2)CC1. The van der Waals surface area contributed by atoms with Gasteiger partial charge < -0.3 is 9.32 Å². The van der Waals surface area contributed by atoms with Crippen molar-refractivity contribution in [3.63, 3.8) is 0 Å². The minimum atomic E-state index is 0.0180. The van der Waals surface area contributed by atoms with Crippen molar-refractivity contribution in [2.45, 2.75) is 6.54 Å². The molecule has 1 saturated heterocycles. The fourth-order valence-electron chi connectivity index (χ4n) is 3.17. The molecule has 0 bridgehead atoms. The van der Waals surface area contributed by atoms with Crippen LogP contribution in [0.4, 0.5) is 0 Å². The molecular formula is C19H19N3O2. The van der Waals surface area contributed by atoms with Crippen LogP contribution in [0.5, 0.6) is 0 Å². The third-order valence-electron chi connectivity index (χ3n) is 4.50. The summed E-state index contributed by atoms with van der Waals surface area (Å²) in [5, 5.41) is 1.97. The van der Waals surface area contributed by atoms with E-state index in [1.807, 2.05) is 47.4 Å². The highest BCUT2D eigenvalue weighted by molar-refractivity contribution is 6.05. The molecule has 1 amide bonds. The van der Waals surface area contributed by atoms with Crippen LogP contribution in [0, 0.1) is 0 Å². The average molecular weight is 321 g/mol. The van der Waals surface area contributed by atoms with Gasteiger partial charge in [0.05, 0.1) is 12.8 Å². The van der Waals surface area contributed by atoms with E-state index in [0.717, 1.165) is 36.2 Å². The van der Waals surface area contributed by atoms with Gasteiger partial charge in [0.2, 0.25) is 0 Å². The molecule has 0 saturated carbocycles. The molecule has 5 heteroatoms. The van der Waals surface area contributed by atoms with Crippen LogP contribution in [0.2, 0.25) is 0 Å². The first-order chi connectivity index (χ1) is 11.8. The topological polar surface area (TPSA) is 49.6 Å². The molecule has 24 heavy (non-hydrogen) atoms. The molecule has 0 aliphatic carbocycles. The van der Waals surface area contributed by atoms with Crippen LogP contribution >= 0.6 is 0 Å². The van der Waals surface area contributed by atoms with Gasteiger partial charge in [0.25, 0.3) is 5.91 Å². The molecule has 1 aromatic carbocycles. The average Bonchev–Trinajstić information content (AvgIpc) is 3.14. The Morgan fingerprint density at radius 1 is 1.04 bits per heavy atom. The van der Waals surface area contributed by atoms with Crippen molar-refractivity contribution in [2.24, 2.45) is 0 Å². The highest BCUT2D eigenvalue weighted by atomic mass is 16.3. The Hall–Kier alpha value is -2.66. The molecule has 122 valence electrons. The van der Waals surface area contributed by atoms with E-state index in [4.69, 9.17) is 4.42 Å². The molecule has 1 fully saturated rings. The normalized spacial score (nSPS) is 15.8. The lowest BCUT2D eigenvalue weighted by atomic mass is 10.1. The summed E-state index contributed by atoms with van der Waals surface area (Å²) in [5.41, 5.74) is 0.549. The number of amides is 1. The number of carbonyl (C=O) groups is 1. The van der Waals surface area contributed by atoms with E-state index in [9.17, 15) is 4.79 Å². The Bertz CT molecular complexity index is 831. The highest BCUT2D eigenvalue weighted by Gasteiger charge is 2.24. The lowest BCUT2D eigenvalue weighted by Crippen LogP contribution is -2.48. The zero-order chi connectivity index (χ0) is 16.4. The summed E-state index contributed by atoms with van der Waals surface area (Å²) in [6.07, 6.45) is 3.41. The van der Waals surface area contributed by atoms with E-state index in [1.54, 1.807) is 12.5 Å². The second-order valence-electron chi connectivity index (χ2n) is 6.03. The van der Waals surface area contributed by atoms with E-state index in [-0.39, 0.29) is 5.91 Å². The molecule has 1 aliphatic heterocycles. The predicted octanol–water partition coefficient (Wildman–Crippen LogP) is 2.79. The van der Waals surface area contributed by atoms with Crippen molar-refractivity contribution < 1.29 is 9.21 Å². The monoisotopic (exact) mass is 321 g/mol. The molecule has 0 N–H and O–H groups in total. The van der Waals surface area contributed by atoms with Gasteiger partial charge in [-0.1, -0.05) is 24.3 Å². The first-order valence-corrected chi connectivity index (χ1v) is 8.19. The maximum Gasteiger partial charge on any atom is 0.273 e. The third kappa shape index (κ3) is 2.90. The van der Waals surface area contributed by atoms with E-state index >= 15 is 0 Å². The summed E-state index contributed by atoms with van der Waals surface area (Å²) in [5.74, 6) is 0.981. The Balaban J connectivity index is 1.46. The van der Waals surface area contributed by atoms with Crippen molar-refractivity contribution in [1.82, 2.24) is 14.8 Å². The molecule has 3 heterocycles. The molecule has 2 aromatic heterocycles. The molecule has 3 aromatic rings. The Labute approximate surface area is 140 Å². The molecule has 0 unspecified atom stereocenters. The molecule has 0 atom stereocenters. The molecule has 4 rings (SSSR count). The molecule has 5 nitrogen and oxygen atoms in total. The number of fused-ring (bicyclic) bond motifs is 1. The fourth-order valence-corrected chi connectivity index (χ4v) is 3.17. The van der Waals surface area contributed by atoms with Gasteiger partial charge in [-0.2, -0.15) is 0 Å². The van der Waals surface area contributed by atoms with Crippen molar-refractivity contribution in [3.05, 3.63) is 66.4 Å². The van der Waals surface area contributed by atoms with Gasteiger partial charge in [0, 0.05) is 37.8 Å². The number of hydrogen-bond acceptors (Lipinski definition) is 4. The quantitative estimate of drug-likeness (QED) is 0.744. The van der Waals surface area contributed by atoms with Crippen LogP contribution in [0.15, 0.2) is 59.3 Å². The van der Waals surface area contributed by atoms with E-state index in [1.165, 1.54) is 0 Å². The Morgan fingerprint density at radius 2 is 1.88 bits per heavy atom. The second-order valence-corrected chi connectivity index (χ2v) is 6.03. The number of piperazine rings is 1. The summed E-state index contributed by atoms with van der Waals surface area (Å²) < 4.78 is 5.40. The smallest absolute Gasteiger partial charge is 0.273 e. The molecular weight excluding hydrogens is 302 g/mol. The highest BCUT2D eigenvalue weighted by Crippen LogP contribution is 2.19. The zero-order valence-corrected chi connectivity index (χ0v) is 13.4. The fraction of sp³-hybridized carbons (Fsp3) is 0.263. The summed E-state index contributed by atoms with van der Waals surface area (Å²) >= 11 is 0. The summed E-state index contributed by atoms with van der Waals surface area (Å²) in [6.45, 7) is 3.91. The van der Waals surface area contributed by atoms with Gasteiger partial charge >= 0.3 is 0 Å². The van der Waals surface area contributed by atoms with Gasteiger partial charge in [-0.05, 0) is 23.6 Å². The Morgan fingerprint density at radius 3 is 2.67 bits per heavy atom. The van der Waals surface area contributed by atoms with Crippen molar-refractivity contribution >= 4 is 16.7 Å². The van der Waals surface area contributed by atoms with Crippen molar-refractivity contribution in [2.75, 3.05) is 26.2 Å². The van der Waals surface area contributed by atoms with Crippen molar-refractivity contribution in [3.8, 4) is 0 Å². The van der Waals surface area contributed by atoms with E-state index < -0.39 is 0 Å². The number of aromatic nitrogens is 1. The maximum atomic E-state index is 12.9. The van der Waals surface area contributed by atoms with Crippen LogP contribution in [-0.4, -0.2) is 46.9 Å². The van der Waals surface area contributed by atoms with Crippen LogP contribution in [0.25, 0.3) is 10.8 Å². The van der Waals surface area contributed by atoms with E-state index in [0.29, 0.717) is 18.8 Å². The first kappa shape index (κ1) is 14.9. The van der Waals surface area contributed by atoms with Crippen molar-refractivity contribution in [1.29, 1.82) is 0 Å². The number of nitrogens with zero attached hydrogens (tertiary/aromatic N) is 3. The standard InChI is InChI=1S/C19H19N3O2/c23-19(18-17-6-2-1-4-15(17)7-8-20-18)22-11-9-21(10-12-22)14-16-5-3-13-24-16/h1-8,13H,9-12,14H2. The largest absolute Gasteiger partial charge is 0.468 e. The first-order valence-electron chi connectivity index (χ1n) is 8.19. The summed E-state index contributed by atoms with van der Waals surface area (Å²) in [6, 6.07) is 13.7. The minimum Gasteiger partial charge on any atom is -0.468 e. The number of benzene rings is 1. The maximum absolute atomic E-state index is 12.9. The zero-order valence-electron chi connectivity index (χ0n) is 13.4. The van der Waals surface area contributed by atoms with Crippen LogP contribution in [-0.2, 0) is 6.54 Å². The van der Waals surface area contributed by atoms with Gasteiger partial charge in [-0.3, -0.25) is 14.7 Å². The van der Waals surface area contributed by atoms with Crippen LogP contribution in [0.3, 0.4) is 0 Å². The van der Waals surface area contributed by atoms with Gasteiger partial charge in [0.15, 0.2) is 0 Å². The number of rotatable bonds is 3. The number of hydrogen-bond donors (Lipinski definition) is 0. The number of pyridine rings is 1. The van der Waals surface area contributed by atoms with E-state index in [2.05, 4.69) is 9.88 Å². The molecule has 0 spiro atoms. The molecule has 0 radical (unpaired) electrons. The van der Waals surface area contributed by atoms with Crippen LogP contribution < -0.4 is 0 Å². The lowest BCUT2D eigenvalue weighted by Gasteiger charge is -2.34.